The van der Waals surface area contributed by atoms with Crippen LogP contribution in [-0.2, 0) is 26.2 Å². The van der Waals surface area contributed by atoms with Gasteiger partial charge < -0.3 is 10.2 Å². The van der Waals surface area contributed by atoms with Crippen molar-refractivity contribution in [2.45, 2.75) is 16.3 Å². The lowest BCUT2D eigenvalue weighted by atomic mass is 9.92. The Hall–Kier alpha value is -3.45. The maximum absolute atomic E-state index is 12.9. The molecule has 1 N–H and O–H groups in total. The van der Waals surface area contributed by atoms with Gasteiger partial charge in [-0.25, -0.2) is 21.8 Å². The minimum atomic E-state index is -3.59. The molecular weight excluding hydrogens is 555 g/mol. The molecular formula is C27H27N5O4S3. The standard InChI is InChI=1S/C27H27N5O4S3/c1-38(33,34)14-12-28-17-26-30-18-27(37-26)32-13-11-20-15-29-16-25(24(20)19-32)31-21-7-9-23(10-8-21)39(35,36)22-5-3-2-4-6-22/h2-11,13,15,18-20,28H,12,14,16-17H2,1H3. The zero-order valence-electron chi connectivity index (χ0n) is 21.1. The number of fused-ring (bicyclic) bond motifs is 1. The molecule has 3 aromatic rings. The lowest BCUT2D eigenvalue weighted by molar-refractivity contribution is 0.594. The number of anilines is 1. The molecule has 3 heterocycles. The minimum absolute atomic E-state index is 0.00321. The highest BCUT2D eigenvalue weighted by molar-refractivity contribution is 7.91. The van der Waals surface area contributed by atoms with E-state index in [0.29, 0.717) is 25.3 Å². The first-order chi connectivity index (χ1) is 18.7. The van der Waals surface area contributed by atoms with Gasteiger partial charge in [0.15, 0.2) is 0 Å². The number of rotatable bonds is 9. The Morgan fingerprint density at radius 2 is 1.79 bits per heavy atom. The van der Waals surface area contributed by atoms with Crippen molar-refractivity contribution in [2.75, 3.05) is 30.0 Å². The molecule has 0 saturated heterocycles. The first kappa shape index (κ1) is 27.1. The Bertz CT molecular complexity index is 1670. The van der Waals surface area contributed by atoms with Crippen LogP contribution in [0.1, 0.15) is 5.01 Å². The van der Waals surface area contributed by atoms with E-state index >= 15 is 0 Å². The molecule has 0 spiro atoms. The van der Waals surface area contributed by atoms with Gasteiger partial charge in [-0.2, -0.15) is 0 Å². The predicted octanol–water partition coefficient (Wildman–Crippen LogP) is 3.80. The molecule has 2 aliphatic rings. The van der Waals surface area contributed by atoms with E-state index in [1.165, 1.54) is 17.6 Å². The highest BCUT2D eigenvalue weighted by Crippen LogP contribution is 2.31. The normalized spacial score (nSPS) is 18.3. The first-order valence-electron chi connectivity index (χ1n) is 12.2. The third-order valence-corrected chi connectivity index (χ3v) is 9.86. The lowest BCUT2D eigenvalue weighted by Gasteiger charge is -2.27. The molecule has 0 saturated carbocycles. The molecule has 2 aromatic carbocycles. The van der Waals surface area contributed by atoms with Crippen LogP contribution in [-0.4, -0.2) is 58.8 Å². The Balaban J connectivity index is 1.32. The Morgan fingerprint density at radius 1 is 1.05 bits per heavy atom. The van der Waals surface area contributed by atoms with E-state index in [9.17, 15) is 16.8 Å². The van der Waals surface area contributed by atoms with Gasteiger partial charge in [0, 0.05) is 49.5 Å². The smallest absolute Gasteiger partial charge is 0.206 e. The summed E-state index contributed by atoms with van der Waals surface area (Å²) < 4.78 is 48.4. The SMILES string of the molecule is CS(=O)(=O)CCNCc1ncc(N2C=CC3C=NCC(=Nc4ccc(S(=O)(=O)c5ccccc5)cc4)C3=C2)s1. The summed E-state index contributed by atoms with van der Waals surface area (Å²) in [5, 5.41) is 4.90. The average molecular weight is 582 g/mol. The number of sulfone groups is 2. The van der Waals surface area contributed by atoms with E-state index in [1.807, 2.05) is 29.6 Å². The van der Waals surface area contributed by atoms with Crippen LogP contribution < -0.4 is 10.2 Å². The Kier molecular flexibility index (Phi) is 7.89. The zero-order chi connectivity index (χ0) is 27.5. The van der Waals surface area contributed by atoms with Crippen LogP contribution in [0.3, 0.4) is 0 Å². The number of nitrogens with one attached hydrogen (secondary N) is 1. The molecule has 5 rings (SSSR count). The van der Waals surface area contributed by atoms with E-state index in [2.05, 4.69) is 15.3 Å². The number of aromatic nitrogens is 1. The first-order valence-corrected chi connectivity index (χ1v) is 16.5. The van der Waals surface area contributed by atoms with Gasteiger partial charge in [0.25, 0.3) is 0 Å². The molecule has 0 aliphatic carbocycles. The van der Waals surface area contributed by atoms with Crippen molar-refractivity contribution in [2.24, 2.45) is 15.9 Å². The van der Waals surface area contributed by atoms with Crippen LogP contribution in [0.25, 0.3) is 0 Å². The van der Waals surface area contributed by atoms with Gasteiger partial charge in [0.05, 0.1) is 39.7 Å². The molecule has 0 fully saturated rings. The summed E-state index contributed by atoms with van der Waals surface area (Å²) in [4.78, 5) is 16.2. The number of hydrogen-bond acceptors (Lipinski definition) is 10. The second-order valence-corrected chi connectivity index (χ2v) is 14.4. The van der Waals surface area contributed by atoms with Crippen LogP contribution in [0.4, 0.5) is 10.7 Å². The van der Waals surface area contributed by atoms with Crippen LogP contribution in [0.5, 0.6) is 0 Å². The topological polar surface area (TPSA) is 121 Å². The van der Waals surface area contributed by atoms with Crippen molar-refractivity contribution in [1.29, 1.82) is 0 Å². The van der Waals surface area contributed by atoms with Crippen molar-refractivity contribution in [3.63, 3.8) is 0 Å². The molecule has 0 amide bonds. The molecule has 2 aliphatic heterocycles. The van der Waals surface area contributed by atoms with Crippen molar-refractivity contribution < 1.29 is 16.8 Å². The summed E-state index contributed by atoms with van der Waals surface area (Å²) in [5.74, 6) is 0.0829. The fraction of sp³-hybridized carbons (Fsp3) is 0.222. The molecule has 1 atom stereocenters. The van der Waals surface area contributed by atoms with E-state index < -0.39 is 19.7 Å². The summed E-state index contributed by atoms with van der Waals surface area (Å²) in [6.07, 6.45) is 11.0. The van der Waals surface area contributed by atoms with Gasteiger partial charge in [-0.3, -0.25) is 9.98 Å². The van der Waals surface area contributed by atoms with E-state index in [1.54, 1.807) is 60.8 Å². The Morgan fingerprint density at radius 3 is 2.54 bits per heavy atom. The highest BCUT2D eigenvalue weighted by atomic mass is 32.2. The van der Waals surface area contributed by atoms with E-state index in [4.69, 9.17) is 4.99 Å². The predicted molar refractivity (Wildman–Crippen MR) is 156 cm³/mol. The summed E-state index contributed by atoms with van der Waals surface area (Å²) in [6.45, 7) is 1.29. The van der Waals surface area contributed by atoms with E-state index in [0.717, 1.165) is 21.3 Å². The fourth-order valence-corrected chi connectivity index (χ4v) is 6.73. The van der Waals surface area contributed by atoms with Crippen LogP contribution in [0, 0.1) is 5.92 Å². The van der Waals surface area contributed by atoms with E-state index in [-0.39, 0.29) is 21.5 Å². The Labute approximate surface area is 232 Å². The number of benzene rings is 2. The van der Waals surface area contributed by atoms with Crippen LogP contribution >= 0.6 is 11.3 Å². The summed E-state index contributed by atoms with van der Waals surface area (Å²) in [5.41, 5.74) is 2.47. The molecule has 12 heteroatoms. The van der Waals surface area contributed by atoms with Gasteiger partial charge in [0.2, 0.25) is 9.84 Å². The van der Waals surface area contributed by atoms with Crippen molar-refractivity contribution >= 4 is 53.6 Å². The molecule has 39 heavy (non-hydrogen) atoms. The largest absolute Gasteiger partial charge is 0.314 e. The number of aliphatic imine (C=N–C) groups is 2. The molecule has 0 radical (unpaired) electrons. The third kappa shape index (κ3) is 6.59. The van der Waals surface area contributed by atoms with Gasteiger partial charge >= 0.3 is 0 Å². The minimum Gasteiger partial charge on any atom is -0.314 e. The molecule has 0 bridgehead atoms. The average Bonchev–Trinajstić information content (AvgIpc) is 3.40. The summed E-state index contributed by atoms with van der Waals surface area (Å²) >= 11 is 1.52. The number of thiazole rings is 1. The second kappa shape index (κ2) is 11.3. The van der Waals surface area contributed by atoms with Gasteiger partial charge in [0.1, 0.15) is 19.8 Å². The third-order valence-electron chi connectivity index (χ3n) is 6.12. The van der Waals surface area contributed by atoms with Gasteiger partial charge in [-0.1, -0.05) is 35.6 Å². The van der Waals surface area contributed by atoms with Crippen molar-refractivity contribution in [3.05, 3.63) is 89.9 Å². The molecule has 1 unspecified atom stereocenters. The number of allylic oxidation sites excluding steroid dienone is 1. The molecule has 9 nitrogen and oxygen atoms in total. The van der Waals surface area contributed by atoms with Crippen LogP contribution in [0.2, 0.25) is 0 Å². The van der Waals surface area contributed by atoms with Crippen LogP contribution in [0.15, 0.2) is 105 Å². The molecule has 202 valence electrons. The summed E-state index contributed by atoms with van der Waals surface area (Å²) in [6, 6.07) is 14.9. The molecule has 1 aromatic heterocycles. The van der Waals surface area contributed by atoms with Crippen molar-refractivity contribution in [1.82, 2.24) is 10.3 Å². The second-order valence-electron chi connectivity index (χ2n) is 9.12. The summed E-state index contributed by atoms with van der Waals surface area (Å²) in [7, 11) is -6.60. The monoisotopic (exact) mass is 581 g/mol. The van der Waals surface area contributed by atoms with Gasteiger partial charge in [-0.15, -0.1) is 0 Å². The highest BCUT2D eigenvalue weighted by Gasteiger charge is 2.24. The van der Waals surface area contributed by atoms with Gasteiger partial charge in [-0.05, 0) is 36.4 Å². The maximum atomic E-state index is 12.9. The lowest BCUT2D eigenvalue weighted by Crippen LogP contribution is -2.27. The maximum Gasteiger partial charge on any atom is 0.206 e. The fourth-order valence-electron chi connectivity index (χ4n) is 4.09. The number of nitrogens with zero attached hydrogens (tertiary/aromatic N) is 4. The number of hydrogen-bond donors (Lipinski definition) is 1. The quantitative estimate of drug-likeness (QED) is 0.382. The zero-order valence-corrected chi connectivity index (χ0v) is 23.6. The van der Waals surface area contributed by atoms with Crippen molar-refractivity contribution in [3.8, 4) is 0 Å².